The van der Waals surface area contributed by atoms with Gasteiger partial charge in [-0.2, -0.15) is 8.78 Å². The molecule has 0 fully saturated rings. The topological polar surface area (TPSA) is 75.2 Å². The number of thioether (sulfide) groups is 1. The number of benzene rings is 1. The zero-order valence-corrected chi connectivity index (χ0v) is 15.8. The van der Waals surface area contributed by atoms with Crippen LogP contribution in [0.5, 0.6) is 5.75 Å². The predicted molar refractivity (Wildman–Crippen MR) is 92.8 cm³/mol. The van der Waals surface area contributed by atoms with Crippen LogP contribution < -0.4 is 4.52 Å². The van der Waals surface area contributed by atoms with E-state index in [1.54, 1.807) is 36.3 Å². The molecule has 0 amide bonds. The molecule has 0 bridgehead atoms. The van der Waals surface area contributed by atoms with Crippen molar-refractivity contribution < 1.29 is 22.8 Å². The molecule has 2 N–H and O–H groups in total. The summed E-state index contributed by atoms with van der Waals surface area (Å²) < 4.78 is 40.9. The van der Waals surface area contributed by atoms with Gasteiger partial charge in [-0.25, -0.2) is 9.55 Å². The van der Waals surface area contributed by atoms with Crippen molar-refractivity contribution in [3.8, 4) is 5.75 Å². The van der Waals surface area contributed by atoms with Crippen LogP contribution in [0.2, 0.25) is 0 Å². The molecule has 1 unspecified atom stereocenters. The van der Waals surface area contributed by atoms with E-state index < -0.39 is 13.8 Å². The fraction of sp³-hybridized carbons (Fsp3) is 0.357. The lowest BCUT2D eigenvalue weighted by molar-refractivity contribution is 0.188. The molecule has 2 aromatic rings. The number of aromatic amines is 1. The molecule has 0 saturated carbocycles. The van der Waals surface area contributed by atoms with Crippen molar-refractivity contribution in [3.63, 3.8) is 0 Å². The molecule has 1 atom stereocenters. The number of unbranched alkanes of at least 4 members (excludes halogenated alkanes) is 1. The Kier molecular flexibility index (Phi) is 7.28. The lowest BCUT2D eigenvalue weighted by atomic mass is 10.1. The highest BCUT2D eigenvalue weighted by Gasteiger charge is 2.34. The molecule has 24 heavy (non-hydrogen) atoms. The normalized spacial score (nSPS) is 13.9. The number of aryl methyl sites for hydroxylation is 1. The highest BCUT2D eigenvalue weighted by Crippen LogP contribution is 2.50. The summed E-state index contributed by atoms with van der Waals surface area (Å²) in [5, 5.41) is 0.895. The number of imidazole rings is 1. The van der Waals surface area contributed by atoms with Crippen molar-refractivity contribution in [2.75, 3.05) is 5.75 Å². The Labute approximate surface area is 150 Å². The van der Waals surface area contributed by atoms with Gasteiger partial charge in [-0.05, 0) is 52.9 Å². The number of aromatic nitrogens is 2. The zero-order chi connectivity index (χ0) is 17.6. The Balaban J connectivity index is 1.80. The Morgan fingerprint density at radius 1 is 1.42 bits per heavy atom. The summed E-state index contributed by atoms with van der Waals surface area (Å²) in [5.41, 5.74) is 0.988. The first kappa shape index (κ1) is 19.4. The molecule has 5 nitrogen and oxygen atoms in total. The number of H-pyrrole nitrogens is 1. The van der Waals surface area contributed by atoms with Gasteiger partial charge in [-0.3, -0.25) is 0 Å². The standard InChI is InChI=1S/C14H16BrF2N2O3PS/c15-11-9-10(3-1-2-8-24-14-18-6-7-19-14)4-5-12(11)22-23(20,21)13(16)17/h4-7,9,13H,1-3,8H2,(H,18,19)(H,20,21). The second-order valence-electron chi connectivity index (χ2n) is 4.90. The van der Waals surface area contributed by atoms with Gasteiger partial charge in [0.15, 0.2) is 5.16 Å². The fourth-order valence-corrected chi connectivity index (χ4v) is 3.87. The minimum Gasteiger partial charge on any atom is -0.420 e. The van der Waals surface area contributed by atoms with Crippen LogP contribution in [-0.4, -0.2) is 26.8 Å². The van der Waals surface area contributed by atoms with Gasteiger partial charge in [0.2, 0.25) is 0 Å². The van der Waals surface area contributed by atoms with Crippen LogP contribution in [0.4, 0.5) is 8.78 Å². The highest BCUT2D eigenvalue weighted by molar-refractivity contribution is 9.10. The summed E-state index contributed by atoms with van der Waals surface area (Å²) in [5.74, 6) is 0.871. The number of nitrogens with one attached hydrogen (secondary N) is 1. The Hall–Kier alpha value is -0.890. The molecule has 1 aromatic heterocycles. The highest BCUT2D eigenvalue weighted by atomic mass is 79.9. The van der Waals surface area contributed by atoms with E-state index in [1.165, 1.54) is 6.07 Å². The van der Waals surface area contributed by atoms with E-state index in [0.717, 1.165) is 35.7 Å². The van der Waals surface area contributed by atoms with Crippen molar-refractivity contribution >= 4 is 35.3 Å². The van der Waals surface area contributed by atoms with E-state index in [-0.39, 0.29) is 5.75 Å². The maximum absolute atomic E-state index is 12.4. The third-order valence-corrected chi connectivity index (χ3v) is 5.60. The number of nitrogens with zero attached hydrogens (tertiary/aromatic N) is 1. The number of hydrogen-bond acceptors (Lipinski definition) is 4. The van der Waals surface area contributed by atoms with Gasteiger partial charge in [0.1, 0.15) is 5.75 Å². The summed E-state index contributed by atoms with van der Waals surface area (Å²) in [7, 11) is -4.96. The zero-order valence-electron chi connectivity index (χ0n) is 12.5. The molecule has 0 aliphatic heterocycles. The van der Waals surface area contributed by atoms with E-state index in [0.29, 0.717) is 4.47 Å². The van der Waals surface area contributed by atoms with Crippen LogP contribution in [0.15, 0.2) is 40.2 Å². The van der Waals surface area contributed by atoms with E-state index in [1.807, 2.05) is 0 Å². The number of rotatable bonds is 9. The maximum atomic E-state index is 12.4. The van der Waals surface area contributed by atoms with E-state index >= 15 is 0 Å². The van der Waals surface area contributed by atoms with Gasteiger partial charge in [0.05, 0.1) is 4.47 Å². The lowest BCUT2D eigenvalue weighted by Crippen LogP contribution is -2.01. The first-order valence-corrected chi connectivity index (χ1v) is 10.5. The van der Waals surface area contributed by atoms with Crippen LogP contribution in [-0.2, 0) is 11.0 Å². The Morgan fingerprint density at radius 3 is 2.83 bits per heavy atom. The fourth-order valence-electron chi connectivity index (χ4n) is 1.88. The molecule has 0 aliphatic carbocycles. The predicted octanol–water partition coefficient (Wildman–Crippen LogP) is 5.07. The Bertz CT molecular complexity index is 703. The average molecular weight is 441 g/mol. The number of alkyl halides is 2. The van der Waals surface area contributed by atoms with Gasteiger partial charge >= 0.3 is 13.8 Å². The van der Waals surface area contributed by atoms with Gasteiger partial charge in [-0.1, -0.05) is 17.8 Å². The van der Waals surface area contributed by atoms with Crippen LogP contribution in [0, 0.1) is 0 Å². The third kappa shape index (κ3) is 5.88. The smallest absolute Gasteiger partial charge is 0.420 e. The number of hydrogen-bond donors (Lipinski definition) is 2. The number of halogens is 3. The summed E-state index contributed by atoms with van der Waals surface area (Å²) in [6.45, 7) is 0. The van der Waals surface area contributed by atoms with Crippen molar-refractivity contribution in [2.24, 2.45) is 0 Å². The van der Waals surface area contributed by atoms with Gasteiger partial charge in [0.25, 0.3) is 0 Å². The largest absolute Gasteiger partial charge is 0.442 e. The first-order chi connectivity index (χ1) is 11.4. The summed E-state index contributed by atoms with van der Waals surface area (Å²) >= 11 is 4.83. The molecule has 132 valence electrons. The molecule has 0 radical (unpaired) electrons. The van der Waals surface area contributed by atoms with Gasteiger partial charge in [0, 0.05) is 18.1 Å². The van der Waals surface area contributed by atoms with Crippen molar-refractivity contribution in [1.82, 2.24) is 9.97 Å². The van der Waals surface area contributed by atoms with Crippen LogP contribution in [0.25, 0.3) is 0 Å². The van der Waals surface area contributed by atoms with Crippen molar-refractivity contribution in [1.29, 1.82) is 0 Å². The van der Waals surface area contributed by atoms with Crippen LogP contribution in [0.1, 0.15) is 18.4 Å². The van der Waals surface area contributed by atoms with E-state index in [2.05, 4.69) is 30.4 Å². The van der Waals surface area contributed by atoms with E-state index in [4.69, 9.17) is 4.89 Å². The van der Waals surface area contributed by atoms with Crippen molar-refractivity contribution in [3.05, 3.63) is 40.6 Å². The first-order valence-electron chi connectivity index (χ1n) is 7.09. The molecule has 0 aliphatic rings. The molecular formula is C14H16BrF2N2O3PS. The SMILES string of the molecule is O=P(O)(Oc1ccc(CCCCSc2ncc[nH]2)cc1Br)C(F)F. The van der Waals surface area contributed by atoms with Crippen LogP contribution >= 0.6 is 35.3 Å². The average Bonchev–Trinajstić information content (AvgIpc) is 3.02. The molecule has 1 heterocycles. The van der Waals surface area contributed by atoms with Crippen LogP contribution in [0.3, 0.4) is 0 Å². The van der Waals surface area contributed by atoms with Gasteiger partial charge < -0.3 is 14.4 Å². The summed E-state index contributed by atoms with van der Waals surface area (Å²) in [4.78, 5) is 16.2. The monoisotopic (exact) mass is 440 g/mol. The molecular weight excluding hydrogens is 425 g/mol. The summed E-state index contributed by atoms with van der Waals surface area (Å²) in [6.07, 6.45) is 2.82. The molecule has 10 heteroatoms. The molecule has 2 rings (SSSR count). The second kappa shape index (κ2) is 8.99. The minimum atomic E-state index is -4.96. The Morgan fingerprint density at radius 2 is 2.21 bits per heavy atom. The molecule has 1 aromatic carbocycles. The summed E-state index contributed by atoms with van der Waals surface area (Å²) in [6, 6.07) is 4.83. The second-order valence-corrected chi connectivity index (χ2v) is 8.54. The molecule has 0 spiro atoms. The quantitative estimate of drug-likeness (QED) is 0.323. The van der Waals surface area contributed by atoms with E-state index in [9.17, 15) is 13.3 Å². The molecule has 0 saturated heterocycles. The van der Waals surface area contributed by atoms with Crippen molar-refractivity contribution in [2.45, 2.75) is 30.6 Å². The van der Waals surface area contributed by atoms with Gasteiger partial charge in [-0.15, -0.1) is 0 Å². The lowest BCUT2D eigenvalue weighted by Gasteiger charge is -2.14. The third-order valence-electron chi connectivity index (χ3n) is 3.04. The maximum Gasteiger partial charge on any atom is 0.442 e. The minimum absolute atomic E-state index is 0.0711.